The molecule has 4 heteroatoms. The molecule has 2 aromatic heterocycles. The maximum Gasteiger partial charge on any atom is 0.164 e. The van der Waals surface area contributed by atoms with Crippen molar-refractivity contribution in [3.63, 3.8) is 0 Å². The van der Waals surface area contributed by atoms with E-state index in [4.69, 9.17) is 30.5 Å². The predicted molar refractivity (Wildman–Crippen MR) is 228 cm³/mol. The van der Waals surface area contributed by atoms with Crippen molar-refractivity contribution in [3.05, 3.63) is 194 Å². The molecule has 0 amide bonds. The fourth-order valence-corrected chi connectivity index (χ4v) is 6.96. The molecule has 9 aromatic carbocycles. The van der Waals surface area contributed by atoms with Gasteiger partial charge in [0.1, 0.15) is 0 Å². The Morgan fingerprint density at radius 2 is 0.945 bits per heavy atom. The van der Waals surface area contributed by atoms with E-state index in [1.54, 1.807) is 42.5 Å². The van der Waals surface area contributed by atoms with Crippen molar-refractivity contribution >= 4 is 54.1 Å². The van der Waals surface area contributed by atoms with Crippen LogP contribution >= 0.6 is 0 Å². The molecule has 0 saturated heterocycles. The molecule has 0 atom stereocenters. The highest BCUT2D eigenvalue weighted by atomic mass is 15.0. The van der Waals surface area contributed by atoms with Gasteiger partial charge in [-0.1, -0.05) is 157 Å². The molecule has 256 valence electrons. The van der Waals surface area contributed by atoms with Crippen LogP contribution < -0.4 is 0 Å². The van der Waals surface area contributed by atoms with Gasteiger partial charge in [-0.3, -0.25) is 0 Å². The van der Waals surface area contributed by atoms with Crippen molar-refractivity contribution in [2.75, 3.05) is 0 Å². The molecule has 4 nitrogen and oxygen atoms in total. The van der Waals surface area contributed by atoms with Crippen molar-refractivity contribution in [2.45, 2.75) is 0 Å². The molecule has 0 fully saturated rings. The van der Waals surface area contributed by atoms with Gasteiger partial charge in [-0.25, -0.2) is 15.0 Å². The van der Waals surface area contributed by atoms with Gasteiger partial charge >= 0.3 is 0 Å². The van der Waals surface area contributed by atoms with Crippen molar-refractivity contribution in [1.82, 2.24) is 19.5 Å². The van der Waals surface area contributed by atoms with Crippen LogP contribution in [0.2, 0.25) is 0 Å². The van der Waals surface area contributed by atoms with Gasteiger partial charge in [0.25, 0.3) is 0 Å². The summed E-state index contributed by atoms with van der Waals surface area (Å²) in [6.45, 7) is 0. The number of rotatable bonds is 5. The number of hydrogen-bond acceptors (Lipinski definition) is 3. The Bertz CT molecular complexity index is 4220. The van der Waals surface area contributed by atoms with E-state index in [-0.39, 0.29) is 39.8 Å². The average Bonchev–Trinajstić information content (AvgIpc) is 3.72. The molecule has 0 aliphatic carbocycles. The smallest absolute Gasteiger partial charge is 0.164 e. The number of benzene rings is 9. The Balaban J connectivity index is 1.22. The van der Waals surface area contributed by atoms with Gasteiger partial charge in [0.05, 0.1) is 42.8 Å². The van der Waals surface area contributed by atoms with E-state index < -0.39 is 136 Å². The van der Waals surface area contributed by atoms with Gasteiger partial charge in [0.2, 0.25) is 0 Å². The maximum atomic E-state index is 9.40. The highest BCUT2D eigenvalue weighted by Crippen LogP contribution is 2.39. The number of para-hydroxylation sites is 1. The van der Waals surface area contributed by atoms with Gasteiger partial charge in [-0.2, -0.15) is 0 Å². The Kier molecular flexibility index (Phi) is 4.03. The highest BCUT2D eigenvalue weighted by molar-refractivity contribution is 6.12. The topological polar surface area (TPSA) is 43.6 Å². The minimum absolute atomic E-state index is 0.0170. The van der Waals surface area contributed by atoms with Crippen molar-refractivity contribution < 1.29 is 26.0 Å². The first-order valence-electron chi connectivity index (χ1n) is 26.6. The Hall–Kier alpha value is -7.43. The minimum Gasteiger partial charge on any atom is -0.309 e. The third kappa shape index (κ3) is 5.26. The summed E-state index contributed by atoms with van der Waals surface area (Å²) in [4.78, 5) is 14.1. The number of nitrogens with zero attached hydrogens (tertiary/aromatic N) is 4. The van der Waals surface area contributed by atoms with Crippen LogP contribution in [0.1, 0.15) is 26.0 Å². The summed E-state index contributed by atoms with van der Waals surface area (Å²) in [6, 6.07) is 11.9. The maximum absolute atomic E-state index is 9.40. The van der Waals surface area contributed by atoms with E-state index >= 15 is 0 Å². The van der Waals surface area contributed by atoms with Gasteiger partial charge in [0, 0.05) is 32.8 Å². The first kappa shape index (κ1) is 17.6. The molecule has 55 heavy (non-hydrogen) atoms. The van der Waals surface area contributed by atoms with E-state index in [0.717, 1.165) is 16.3 Å². The Labute approximate surface area is 344 Å². The number of hydrogen-bond donors (Lipinski definition) is 0. The van der Waals surface area contributed by atoms with Crippen LogP contribution in [-0.4, -0.2) is 19.5 Å². The van der Waals surface area contributed by atoms with Crippen LogP contribution in [0.25, 0.3) is 105 Å². The standard InChI is InChI=1S/C51H32N4/c1-2-12-33(13-3-1)38-26-27-44-43-20-10-11-21-46(43)55(48(44)32-38)47-29-28-45(41-18-8-9-19-42(41)47)51-53-49(39-24-22-34-14-4-6-16-36(34)30-39)52-50(54-51)40-25-23-35-15-5-7-17-37(35)31-40/h1-32H/i1D,2D,3D,4D,5D,6D,7D,12D,13D,14D,15D,16D,17D,22D,23D,24D,25D,30D,31D. The lowest BCUT2D eigenvalue weighted by atomic mass is 10.0. The average molecular weight is 720 g/mol. The van der Waals surface area contributed by atoms with E-state index in [0.29, 0.717) is 27.5 Å². The summed E-state index contributed by atoms with van der Waals surface area (Å²) in [5.74, 6) is -1.16. The van der Waals surface area contributed by atoms with Gasteiger partial charge in [0.15, 0.2) is 17.5 Å². The van der Waals surface area contributed by atoms with Crippen LogP contribution in [0, 0.1) is 0 Å². The molecule has 0 N–H and O–H groups in total. The SMILES string of the molecule is [2H]c1c([2H])c([2H])c(-c2ccc3c4ccccc4n(-c4ccc(-c5nc(-c6c([2H])c([2H])c7c([2H])c([2H])c([2H])c([2H])c7c6[2H])nc(-c6c([2H])c([2H])c7c([2H])c([2H])c([2H])c([2H])c7c6[2H])n5)c5ccccc45)c3c2)c([2H])c1[2H]. The summed E-state index contributed by atoms with van der Waals surface area (Å²) in [7, 11) is 0. The molecule has 0 aliphatic rings. The quantitative estimate of drug-likeness (QED) is 0.178. The van der Waals surface area contributed by atoms with Crippen LogP contribution in [0.4, 0.5) is 0 Å². The van der Waals surface area contributed by atoms with Crippen LogP contribution in [0.3, 0.4) is 0 Å². The van der Waals surface area contributed by atoms with E-state index in [1.807, 2.05) is 41.0 Å². The summed E-state index contributed by atoms with van der Waals surface area (Å²) in [6.07, 6.45) is 0. The fourth-order valence-electron chi connectivity index (χ4n) is 6.96. The molecule has 0 saturated carbocycles. The molecular weight excluding hydrogens is 669 g/mol. The molecule has 2 heterocycles. The molecule has 11 aromatic rings. The number of aromatic nitrogens is 4. The van der Waals surface area contributed by atoms with Crippen LogP contribution in [-0.2, 0) is 0 Å². The fraction of sp³-hybridized carbons (Fsp3) is 0. The molecule has 0 spiro atoms. The molecular formula is C51H32N4. The highest BCUT2D eigenvalue weighted by Gasteiger charge is 2.19. The summed E-state index contributed by atoms with van der Waals surface area (Å²) in [5.41, 5.74) is 1.72. The predicted octanol–water partition coefficient (Wildman–Crippen LogP) is 13.1. The monoisotopic (exact) mass is 719 g/mol. The second kappa shape index (κ2) is 12.6. The first-order chi connectivity index (χ1) is 35.2. The van der Waals surface area contributed by atoms with Gasteiger partial charge in [-0.15, -0.1) is 0 Å². The summed E-state index contributed by atoms with van der Waals surface area (Å²) < 4.78 is 168. The van der Waals surface area contributed by atoms with Crippen molar-refractivity contribution in [2.24, 2.45) is 0 Å². The van der Waals surface area contributed by atoms with Gasteiger partial charge < -0.3 is 4.57 Å². The Morgan fingerprint density at radius 1 is 0.382 bits per heavy atom. The van der Waals surface area contributed by atoms with Crippen molar-refractivity contribution in [1.29, 1.82) is 0 Å². The number of fused-ring (bicyclic) bond motifs is 6. The lowest BCUT2D eigenvalue weighted by Crippen LogP contribution is -2.02. The second-order valence-electron chi connectivity index (χ2n) is 12.6. The lowest BCUT2D eigenvalue weighted by molar-refractivity contribution is 1.08. The molecule has 0 radical (unpaired) electrons. The molecule has 0 unspecified atom stereocenters. The zero-order valence-corrected chi connectivity index (χ0v) is 28.3. The van der Waals surface area contributed by atoms with E-state index in [1.165, 1.54) is 0 Å². The van der Waals surface area contributed by atoms with Crippen LogP contribution in [0.5, 0.6) is 0 Å². The summed E-state index contributed by atoms with van der Waals surface area (Å²) >= 11 is 0. The molecule has 11 rings (SSSR count). The molecule has 0 aliphatic heterocycles. The Morgan fingerprint density at radius 3 is 1.64 bits per heavy atom. The largest absolute Gasteiger partial charge is 0.309 e. The second-order valence-corrected chi connectivity index (χ2v) is 12.6. The van der Waals surface area contributed by atoms with E-state index in [9.17, 15) is 5.48 Å². The van der Waals surface area contributed by atoms with Crippen molar-refractivity contribution in [3.8, 4) is 51.0 Å². The third-order valence-electron chi connectivity index (χ3n) is 9.43. The zero-order valence-electron chi connectivity index (χ0n) is 47.3. The van der Waals surface area contributed by atoms with E-state index in [2.05, 4.69) is 4.98 Å². The first-order valence-corrected chi connectivity index (χ1v) is 17.1. The van der Waals surface area contributed by atoms with Crippen LogP contribution in [0.15, 0.2) is 194 Å². The lowest BCUT2D eigenvalue weighted by Gasteiger charge is -2.15. The van der Waals surface area contributed by atoms with Gasteiger partial charge in [-0.05, 0) is 74.4 Å². The zero-order chi connectivity index (χ0) is 52.8. The normalized spacial score (nSPS) is 16.5. The minimum atomic E-state index is -0.698. The third-order valence-corrected chi connectivity index (χ3v) is 9.43. The summed E-state index contributed by atoms with van der Waals surface area (Å²) in [5, 5.41) is 1.15. The molecule has 0 bridgehead atoms.